The van der Waals surface area contributed by atoms with E-state index >= 15 is 0 Å². The number of hydrogen-bond acceptors (Lipinski definition) is 3. The second-order valence-electron chi connectivity index (χ2n) is 4.28. The first-order valence-corrected chi connectivity index (χ1v) is 6.99. The first-order chi connectivity index (χ1) is 8.11. The predicted molar refractivity (Wildman–Crippen MR) is 74.6 cm³/mol. The van der Waals surface area contributed by atoms with Gasteiger partial charge in [0, 0.05) is 17.1 Å². The molecule has 1 rings (SSSR count). The molecule has 0 atom stereocenters. The molecule has 0 aliphatic carbocycles. The van der Waals surface area contributed by atoms with Crippen molar-refractivity contribution in [3.63, 3.8) is 0 Å². The number of carbonyl (C=O) groups is 1. The Bertz CT molecular complexity index is 349. The highest BCUT2D eigenvalue weighted by molar-refractivity contribution is 7.98. The molecule has 0 bridgehead atoms. The smallest absolute Gasteiger partial charge is 0.239 e. The van der Waals surface area contributed by atoms with Crippen LogP contribution in [-0.4, -0.2) is 25.3 Å². The van der Waals surface area contributed by atoms with E-state index in [9.17, 15) is 4.79 Å². The maximum Gasteiger partial charge on any atom is 0.239 e. The second-order valence-corrected chi connectivity index (χ2v) is 5.16. The number of nitrogens with one attached hydrogen (secondary N) is 2. The third-order valence-electron chi connectivity index (χ3n) is 2.25. The van der Waals surface area contributed by atoms with Gasteiger partial charge in [-0.2, -0.15) is 0 Å². The van der Waals surface area contributed by atoms with Crippen molar-refractivity contribution in [3.8, 4) is 0 Å². The molecule has 0 spiro atoms. The quantitative estimate of drug-likeness (QED) is 0.765. The van der Waals surface area contributed by atoms with Gasteiger partial charge in [0.05, 0.1) is 6.54 Å². The van der Waals surface area contributed by atoms with Crippen molar-refractivity contribution in [2.45, 2.75) is 18.7 Å². The van der Waals surface area contributed by atoms with E-state index in [1.54, 1.807) is 11.8 Å². The van der Waals surface area contributed by atoms with Crippen LogP contribution in [0.2, 0.25) is 0 Å². The number of hydrogen-bond donors (Lipinski definition) is 2. The Balaban J connectivity index is 2.31. The van der Waals surface area contributed by atoms with E-state index in [0.29, 0.717) is 12.5 Å². The lowest BCUT2D eigenvalue weighted by Gasteiger charge is -2.09. The minimum absolute atomic E-state index is 0.0349. The number of benzene rings is 1. The summed E-state index contributed by atoms with van der Waals surface area (Å²) in [6, 6.07) is 8.06. The van der Waals surface area contributed by atoms with Gasteiger partial charge in [0.25, 0.3) is 0 Å². The first-order valence-electron chi connectivity index (χ1n) is 5.76. The lowest BCUT2D eigenvalue weighted by atomic mass is 10.2. The molecule has 0 saturated heterocycles. The maximum atomic E-state index is 11.5. The molecule has 0 aliphatic heterocycles. The van der Waals surface area contributed by atoms with Crippen LogP contribution in [0, 0.1) is 5.92 Å². The summed E-state index contributed by atoms with van der Waals surface area (Å²) in [6.07, 6.45) is 2.04. The largest absolute Gasteiger partial charge is 0.376 e. The zero-order valence-corrected chi connectivity index (χ0v) is 11.4. The summed E-state index contributed by atoms with van der Waals surface area (Å²) in [7, 11) is 0. The van der Waals surface area contributed by atoms with Crippen molar-refractivity contribution in [2.24, 2.45) is 5.92 Å². The topological polar surface area (TPSA) is 41.1 Å². The van der Waals surface area contributed by atoms with Crippen molar-refractivity contribution in [1.29, 1.82) is 0 Å². The average molecular weight is 252 g/mol. The molecule has 1 aromatic carbocycles. The van der Waals surface area contributed by atoms with Crippen LogP contribution in [0.25, 0.3) is 0 Å². The SMILES string of the molecule is CSc1ccc(NCC(=O)NCC(C)C)cc1. The van der Waals surface area contributed by atoms with Crippen LogP contribution in [0.4, 0.5) is 5.69 Å². The fourth-order valence-electron chi connectivity index (χ4n) is 1.27. The molecule has 0 aromatic heterocycles. The first kappa shape index (κ1) is 13.9. The van der Waals surface area contributed by atoms with Gasteiger partial charge < -0.3 is 10.6 Å². The molecule has 0 fully saturated rings. The summed E-state index contributed by atoms with van der Waals surface area (Å²) >= 11 is 1.71. The van der Waals surface area contributed by atoms with Crippen molar-refractivity contribution < 1.29 is 4.79 Å². The van der Waals surface area contributed by atoms with E-state index < -0.39 is 0 Å². The molecule has 17 heavy (non-hydrogen) atoms. The molecule has 1 amide bonds. The van der Waals surface area contributed by atoms with Crippen LogP contribution in [0.15, 0.2) is 29.2 Å². The standard InChI is InChI=1S/C13H20N2OS/c1-10(2)8-15-13(16)9-14-11-4-6-12(17-3)7-5-11/h4-7,10,14H,8-9H2,1-3H3,(H,15,16). The summed E-state index contributed by atoms with van der Waals surface area (Å²) in [5.74, 6) is 0.521. The van der Waals surface area contributed by atoms with E-state index in [1.807, 2.05) is 30.5 Å². The predicted octanol–water partition coefficient (Wildman–Crippen LogP) is 2.59. The number of carbonyl (C=O) groups excluding carboxylic acids is 1. The Hall–Kier alpha value is -1.16. The van der Waals surface area contributed by atoms with Crippen molar-refractivity contribution >= 4 is 23.4 Å². The van der Waals surface area contributed by atoms with E-state index in [4.69, 9.17) is 0 Å². The molecule has 4 heteroatoms. The third-order valence-corrected chi connectivity index (χ3v) is 2.99. The molecule has 0 unspecified atom stereocenters. The number of thioether (sulfide) groups is 1. The van der Waals surface area contributed by atoms with Gasteiger partial charge in [0.1, 0.15) is 0 Å². The molecule has 0 aliphatic rings. The summed E-state index contributed by atoms with van der Waals surface area (Å²) < 4.78 is 0. The molecule has 0 radical (unpaired) electrons. The lowest BCUT2D eigenvalue weighted by molar-refractivity contribution is -0.119. The molecule has 0 saturated carbocycles. The van der Waals surface area contributed by atoms with Crippen LogP contribution in [0.5, 0.6) is 0 Å². The van der Waals surface area contributed by atoms with E-state index in [-0.39, 0.29) is 5.91 Å². The molecule has 2 N–H and O–H groups in total. The van der Waals surface area contributed by atoms with Gasteiger partial charge in [0.2, 0.25) is 5.91 Å². The van der Waals surface area contributed by atoms with Crippen LogP contribution >= 0.6 is 11.8 Å². The Morgan fingerprint density at radius 3 is 2.47 bits per heavy atom. The summed E-state index contributed by atoms with van der Waals surface area (Å²) in [6.45, 7) is 5.21. The highest BCUT2D eigenvalue weighted by Gasteiger charge is 2.01. The monoisotopic (exact) mass is 252 g/mol. The van der Waals surface area contributed by atoms with E-state index in [0.717, 1.165) is 12.2 Å². The van der Waals surface area contributed by atoms with Gasteiger partial charge in [-0.3, -0.25) is 4.79 Å². The minimum atomic E-state index is 0.0349. The van der Waals surface area contributed by atoms with Crippen molar-refractivity contribution in [2.75, 3.05) is 24.7 Å². The Kier molecular flexibility index (Phi) is 5.91. The van der Waals surface area contributed by atoms with Gasteiger partial charge in [0.15, 0.2) is 0 Å². The number of anilines is 1. The second kappa shape index (κ2) is 7.22. The fourth-order valence-corrected chi connectivity index (χ4v) is 1.68. The van der Waals surface area contributed by atoms with E-state index in [2.05, 4.69) is 24.5 Å². The molecule has 94 valence electrons. The highest BCUT2D eigenvalue weighted by Crippen LogP contribution is 2.17. The normalized spacial score (nSPS) is 10.4. The molecule has 3 nitrogen and oxygen atoms in total. The van der Waals surface area contributed by atoms with Crippen LogP contribution in [0.3, 0.4) is 0 Å². The van der Waals surface area contributed by atoms with Crippen LogP contribution < -0.4 is 10.6 Å². The molecule has 1 aromatic rings. The van der Waals surface area contributed by atoms with Gasteiger partial charge in [-0.05, 0) is 36.4 Å². The Labute approximate surface area is 107 Å². The van der Waals surface area contributed by atoms with Crippen molar-refractivity contribution in [3.05, 3.63) is 24.3 Å². The van der Waals surface area contributed by atoms with Crippen LogP contribution in [0.1, 0.15) is 13.8 Å². The highest BCUT2D eigenvalue weighted by atomic mass is 32.2. The minimum Gasteiger partial charge on any atom is -0.376 e. The molecular formula is C13H20N2OS. The zero-order valence-electron chi connectivity index (χ0n) is 10.6. The fraction of sp³-hybridized carbons (Fsp3) is 0.462. The summed E-state index contributed by atoms with van der Waals surface area (Å²) in [5, 5.41) is 5.97. The van der Waals surface area contributed by atoms with Crippen molar-refractivity contribution in [1.82, 2.24) is 5.32 Å². The Morgan fingerprint density at radius 1 is 1.29 bits per heavy atom. The third kappa shape index (κ3) is 5.63. The summed E-state index contributed by atoms with van der Waals surface area (Å²) in [5.41, 5.74) is 0.975. The van der Waals surface area contributed by atoms with E-state index in [1.165, 1.54) is 4.90 Å². The number of rotatable bonds is 6. The average Bonchev–Trinajstić information content (AvgIpc) is 2.34. The maximum absolute atomic E-state index is 11.5. The van der Waals surface area contributed by atoms with Gasteiger partial charge in [-0.1, -0.05) is 13.8 Å². The zero-order chi connectivity index (χ0) is 12.7. The Morgan fingerprint density at radius 2 is 1.94 bits per heavy atom. The molecular weight excluding hydrogens is 232 g/mol. The summed E-state index contributed by atoms with van der Waals surface area (Å²) in [4.78, 5) is 12.7. The number of amides is 1. The van der Waals surface area contributed by atoms with Gasteiger partial charge in [-0.25, -0.2) is 0 Å². The lowest BCUT2D eigenvalue weighted by Crippen LogP contribution is -2.32. The molecule has 0 heterocycles. The van der Waals surface area contributed by atoms with Crippen LogP contribution in [-0.2, 0) is 4.79 Å². The van der Waals surface area contributed by atoms with Gasteiger partial charge >= 0.3 is 0 Å². The van der Waals surface area contributed by atoms with Gasteiger partial charge in [-0.15, -0.1) is 11.8 Å².